The molecule has 1 aromatic rings. The van der Waals surface area contributed by atoms with Crippen LogP contribution in [0.2, 0.25) is 0 Å². The molecule has 1 aliphatic heterocycles. The van der Waals surface area contributed by atoms with Gasteiger partial charge in [0.1, 0.15) is 12.5 Å². The third-order valence-corrected chi connectivity index (χ3v) is 2.41. The fourth-order valence-corrected chi connectivity index (χ4v) is 1.60. The molecule has 0 aliphatic carbocycles. The zero-order valence-corrected chi connectivity index (χ0v) is 8.28. The van der Waals surface area contributed by atoms with E-state index in [0.717, 1.165) is 25.3 Å². The topological polar surface area (TPSA) is 12.5 Å². The van der Waals surface area contributed by atoms with Gasteiger partial charge in [0.15, 0.2) is 0 Å². The Morgan fingerprint density at radius 1 is 1.29 bits per heavy atom. The van der Waals surface area contributed by atoms with Gasteiger partial charge in [-0.2, -0.15) is 0 Å². The molecule has 0 spiro atoms. The lowest BCUT2D eigenvalue weighted by Crippen LogP contribution is -2.22. The molecular weight excluding hydrogens is 174 g/mol. The lowest BCUT2D eigenvalue weighted by Gasteiger charge is -2.11. The second kappa shape index (κ2) is 4.29. The largest absolute Gasteiger partial charge is 0.482 e. The Bertz CT molecular complexity index is 307. The average Bonchev–Trinajstić information content (AvgIpc) is 2.63. The van der Waals surface area contributed by atoms with Gasteiger partial charge < -0.3 is 4.74 Å². The summed E-state index contributed by atoms with van der Waals surface area (Å²) >= 11 is 0. The molecule has 1 aliphatic rings. The van der Waals surface area contributed by atoms with Gasteiger partial charge in [0.25, 0.3) is 0 Å². The Labute approximate surface area is 84.8 Å². The van der Waals surface area contributed by atoms with Gasteiger partial charge in [-0.1, -0.05) is 36.9 Å². The molecule has 2 nitrogen and oxygen atoms in total. The highest BCUT2D eigenvalue weighted by Crippen LogP contribution is 2.10. The molecule has 74 valence electrons. The summed E-state index contributed by atoms with van der Waals surface area (Å²) in [4.78, 5) is 2.26. The molecule has 1 heterocycles. The zero-order chi connectivity index (χ0) is 9.80. The first-order valence-electron chi connectivity index (χ1n) is 4.91. The molecular formula is C12H15NO. The minimum Gasteiger partial charge on any atom is -0.482 e. The number of hydrogen-bond donors (Lipinski definition) is 0. The minimum absolute atomic E-state index is 0.700. The smallest absolute Gasteiger partial charge is 0.142 e. The molecule has 0 amide bonds. The minimum atomic E-state index is 0.700. The van der Waals surface area contributed by atoms with Crippen molar-refractivity contribution in [2.24, 2.45) is 0 Å². The standard InChI is InChI=1S/C12H15NO/c1-11-9-13(10-14-11)8-7-12-5-3-2-4-6-12/h2-6H,1,7-10H2. The van der Waals surface area contributed by atoms with Crippen molar-refractivity contribution in [3.05, 3.63) is 48.2 Å². The predicted molar refractivity (Wildman–Crippen MR) is 56.8 cm³/mol. The van der Waals surface area contributed by atoms with Crippen molar-refractivity contribution < 1.29 is 4.74 Å². The molecule has 0 saturated carbocycles. The van der Waals surface area contributed by atoms with Gasteiger partial charge in [-0.15, -0.1) is 0 Å². The normalized spacial score (nSPS) is 17.0. The molecule has 0 N–H and O–H groups in total. The van der Waals surface area contributed by atoms with Crippen LogP contribution in [0, 0.1) is 0 Å². The molecule has 1 aromatic carbocycles. The first-order chi connectivity index (χ1) is 6.84. The van der Waals surface area contributed by atoms with Crippen molar-refractivity contribution >= 4 is 0 Å². The summed E-state index contributed by atoms with van der Waals surface area (Å²) in [6, 6.07) is 10.5. The number of ether oxygens (including phenoxy) is 1. The van der Waals surface area contributed by atoms with Crippen molar-refractivity contribution in [3.63, 3.8) is 0 Å². The van der Waals surface area contributed by atoms with Crippen LogP contribution < -0.4 is 0 Å². The first-order valence-corrected chi connectivity index (χ1v) is 4.91. The van der Waals surface area contributed by atoms with Crippen molar-refractivity contribution in [3.8, 4) is 0 Å². The highest BCUT2D eigenvalue weighted by Gasteiger charge is 2.14. The number of hydrogen-bond acceptors (Lipinski definition) is 2. The first kappa shape index (κ1) is 9.28. The summed E-state index contributed by atoms with van der Waals surface area (Å²) in [5.74, 6) is 0.887. The molecule has 0 aromatic heterocycles. The van der Waals surface area contributed by atoms with Gasteiger partial charge in [0, 0.05) is 6.54 Å². The van der Waals surface area contributed by atoms with Crippen molar-refractivity contribution in [2.75, 3.05) is 19.8 Å². The molecule has 0 unspecified atom stereocenters. The van der Waals surface area contributed by atoms with E-state index in [1.54, 1.807) is 0 Å². The van der Waals surface area contributed by atoms with E-state index in [1.165, 1.54) is 5.56 Å². The Kier molecular flexibility index (Phi) is 2.84. The molecule has 0 radical (unpaired) electrons. The monoisotopic (exact) mass is 189 g/mol. The summed E-state index contributed by atoms with van der Waals surface area (Å²) in [7, 11) is 0. The molecule has 1 saturated heterocycles. The second-order valence-corrected chi connectivity index (χ2v) is 3.60. The third kappa shape index (κ3) is 2.36. The number of nitrogens with zero attached hydrogens (tertiary/aromatic N) is 1. The summed E-state index contributed by atoms with van der Waals surface area (Å²) in [6.45, 7) is 6.42. The van der Waals surface area contributed by atoms with E-state index in [2.05, 4.69) is 35.7 Å². The Morgan fingerprint density at radius 3 is 2.71 bits per heavy atom. The Hall–Kier alpha value is -1.28. The second-order valence-electron chi connectivity index (χ2n) is 3.60. The van der Waals surface area contributed by atoms with Crippen LogP contribution in [0.5, 0.6) is 0 Å². The summed E-state index contributed by atoms with van der Waals surface area (Å²) in [5.41, 5.74) is 1.38. The van der Waals surface area contributed by atoms with E-state index >= 15 is 0 Å². The van der Waals surface area contributed by atoms with Crippen LogP contribution in [-0.4, -0.2) is 24.7 Å². The maximum Gasteiger partial charge on any atom is 0.142 e. The molecule has 0 atom stereocenters. The molecule has 2 heteroatoms. The lowest BCUT2D eigenvalue weighted by molar-refractivity contribution is 0.170. The van der Waals surface area contributed by atoms with Crippen molar-refractivity contribution in [1.29, 1.82) is 0 Å². The average molecular weight is 189 g/mol. The zero-order valence-electron chi connectivity index (χ0n) is 8.28. The fraction of sp³-hybridized carbons (Fsp3) is 0.333. The lowest BCUT2D eigenvalue weighted by atomic mass is 10.1. The van der Waals surface area contributed by atoms with Gasteiger partial charge in [-0.25, -0.2) is 0 Å². The highest BCUT2D eigenvalue weighted by atomic mass is 16.5. The third-order valence-electron chi connectivity index (χ3n) is 2.41. The summed E-state index contributed by atoms with van der Waals surface area (Å²) in [5, 5.41) is 0. The van der Waals surface area contributed by atoms with Gasteiger partial charge in [-0.05, 0) is 12.0 Å². The van der Waals surface area contributed by atoms with Gasteiger partial charge in [-0.3, -0.25) is 4.90 Å². The Morgan fingerprint density at radius 2 is 2.07 bits per heavy atom. The van der Waals surface area contributed by atoms with Crippen LogP contribution in [0.1, 0.15) is 5.56 Å². The van der Waals surface area contributed by atoms with Crippen LogP contribution >= 0.6 is 0 Å². The van der Waals surface area contributed by atoms with E-state index < -0.39 is 0 Å². The van der Waals surface area contributed by atoms with E-state index in [9.17, 15) is 0 Å². The fourth-order valence-electron chi connectivity index (χ4n) is 1.60. The van der Waals surface area contributed by atoms with Gasteiger partial charge in [0.05, 0.1) is 6.54 Å². The van der Waals surface area contributed by atoms with Crippen LogP contribution in [-0.2, 0) is 11.2 Å². The van der Waals surface area contributed by atoms with Crippen molar-refractivity contribution in [2.45, 2.75) is 6.42 Å². The van der Waals surface area contributed by atoms with Crippen molar-refractivity contribution in [1.82, 2.24) is 4.90 Å². The maximum atomic E-state index is 5.29. The molecule has 2 rings (SSSR count). The highest BCUT2D eigenvalue weighted by molar-refractivity contribution is 5.15. The summed E-state index contributed by atoms with van der Waals surface area (Å²) in [6.07, 6.45) is 1.08. The van der Waals surface area contributed by atoms with Crippen LogP contribution in [0.3, 0.4) is 0 Å². The SMILES string of the molecule is C=C1CN(CCc2ccccc2)CO1. The maximum absolute atomic E-state index is 5.29. The quantitative estimate of drug-likeness (QED) is 0.721. The van der Waals surface area contributed by atoms with Crippen LogP contribution in [0.15, 0.2) is 42.7 Å². The number of benzene rings is 1. The molecule has 14 heavy (non-hydrogen) atoms. The van der Waals surface area contributed by atoms with Crippen LogP contribution in [0.25, 0.3) is 0 Å². The molecule has 1 fully saturated rings. The van der Waals surface area contributed by atoms with E-state index in [0.29, 0.717) is 6.73 Å². The van der Waals surface area contributed by atoms with Gasteiger partial charge in [0.2, 0.25) is 0 Å². The summed E-state index contributed by atoms with van der Waals surface area (Å²) < 4.78 is 5.29. The van der Waals surface area contributed by atoms with Crippen LogP contribution in [0.4, 0.5) is 0 Å². The van der Waals surface area contributed by atoms with E-state index in [4.69, 9.17) is 4.74 Å². The van der Waals surface area contributed by atoms with E-state index in [1.807, 2.05) is 6.07 Å². The Balaban J connectivity index is 1.80. The predicted octanol–water partition coefficient (Wildman–Crippen LogP) is 2.03. The van der Waals surface area contributed by atoms with Gasteiger partial charge >= 0.3 is 0 Å². The number of rotatable bonds is 3. The van der Waals surface area contributed by atoms with E-state index in [-0.39, 0.29) is 0 Å². The molecule has 0 bridgehead atoms.